The van der Waals surface area contributed by atoms with E-state index in [1.54, 1.807) is 0 Å². The number of hydrogen-bond acceptors (Lipinski definition) is 2. The lowest BCUT2D eigenvalue weighted by molar-refractivity contribution is 0.386. The molecule has 2 heteroatoms. The molecular formula is C12H26N2. The highest BCUT2D eigenvalue weighted by molar-refractivity contribution is 4.80. The lowest BCUT2D eigenvalue weighted by Crippen LogP contribution is -2.42. The van der Waals surface area contributed by atoms with Gasteiger partial charge >= 0.3 is 0 Å². The first kappa shape index (κ1) is 12.0. The van der Waals surface area contributed by atoms with Crippen LogP contribution in [0.15, 0.2) is 0 Å². The molecule has 0 saturated heterocycles. The maximum Gasteiger partial charge on any atom is 0.00970 e. The van der Waals surface area contributed by atoms with Gasteiger partial charge in [0.15, 0.2) is 0 Å². The first-order valence-electron chi connectivity index (χ1n) is 5.97. The fourth-order valence-electron chi connectivity index (χ4n) is 2.14. The van der Waals surface area contributed by atoms with Crippen molar-refractivity contribution in [2.45, 2.75) is 58.5 Å². The fraction of sp³-hybridized carbons (Fsp3) is 1.00. The van der Waals surface area contributed by atoms with Gasteiger partial charge in [-0.1, -0.05) is 13.3 Å². The normalized spacial score (nSPS) is 28.3. The van der Waals surface area contributed by atoms with Crippen LogP contribution in [0.3, 0.4) is 0 Å². The summed E-state index contributed by atoms with van der Waals surface area (Å²) in [5.74, 6) is 0.879. The minimum atomic E-state index is 0.253. The molecule has 0 heterocycles. The molecule has 14 heavy (non-hydrogen) atoms. The van der Waals surface area contributed by atoms with E-state index in [1.165, 1.54) is 19.3 Å². The zero-order valence-corrected chi connectivity index (χ0v) is 10.2. The Kier molecular flexibility index (Phi) is 4.39. The molecule has 0 aromatic carbocycles. The summed E-state index contributed by atoms with van der Waals surface area (Å²) in [4.78, 5) is 0. The molecule has 2 unspecified atom stereocenters. The van der Waals surface area contributed by atoms with Crippen LogP contribution in [0.2, 0.25) is 0 Å². The molecule has 0 bridgehead atoms. The van der Waals surface area contributed by atoms with E-state index in [2.05, 4.69) is 38.3 Å². The van der Waals surface area contributed by atoms with Gasteiger partial charge < -0.3 is 10.6 Å². The Morgan fingerprint density at radius 1 is 1.14 bits per heavy atom. The largest absolute Gasteiger partial charge is 0.312 e. The van der Waals surface area contributed by atoms with E-state index < -0.39 is 0 Å². The van der Waals surface area contributed by atoms with Gasteiger partial charge in [-0.15, -0.1) is 0 Å². The van der Waals surface area contributed by atoms with Crippen molar-refractivity contribution >= 4 is 0 Å². The molecule has 1 aliphatic rings. The molecular weight excluding hydrogens is 172 g/mol. The zero-order valence-electron chi connectivity index (χ0n) is 10.2. The maximum absolute atomic E-state index is 3.64. The molecule has 84 valence electrons. The Bertz CT molecular complexity index is 160. The van der Waals surface area contributed by atoms with Gasteiger partial charge in [0, 0.05) is 24.7 Å². The summed E-state index contributed by atoms with van der Waals surface area (Å²) >= 11 is 0. The van der Waals surface area contributed by atoms with Crippen molar-refractivity contribution in [3.63, 3.8) is 0 Å². The predicted octanol–water partition coefficient (Wildman–Crippen LogP) is 2.15. The Balaban J connectivity index is 2.04. The molecule has 1 rings (SSSR count). The second-order valence-electron chi connectivity index (χ2n) is 5.65. The van der Waals surface area contributed by atoms with Gasteiger partial charge in [-0.2, -0.15) is 0 Å². The smallest absolute Gasteiger partial charge is 0.00970 e. The molecule has 0 spiro atoms. The second kappa shape index (κ2) is 5.13. The monoisotopic (exact) mass is 198 g/mol. The summed E-state index contributed by atoms with van der Waals surface area (Å²) in [7, 11) is 0. The Morgan fingerprint density at radius 2 is 1.86 bits per heavy atom. The van der Waals surface area contributed by atoms with Gasteiger partial charge in [0.2, 0.25) is 0 Å². The third-order valence-electron chi connectivity index (χ3n) is 3.05. The molecule has 0 aromatic heterocycles. The molecule has 1 fully saturated rings. The standard InChI is InChI=1S/C12H26N2/c1-10-6-5-7-11(10)13-8-9-14-12(2,3)4/h10-11,13-14H,5-9H2,1-4H3. The van der Waals surface area contributed by atoms with E-state index in [1.807, 2.05) is 0 Å². The Morgan fingerprint density at radius 3 is 2.36 bits per heavy atom. The molecule has 2 N–H and O–H groups in total. The molecule has 1 saturated carbocycles. The van der Waals surface area contributed by atoms with Crippen molar-refractivity contribution in [1.29, 1.82) is 0 Å². The van der Waals surface area contributed by atoms with E-state index in [9.17, 15) is 0 Å². The van der Waals surface area contributed by atoms with Crippen molar-refractivity contribution in [2.24, 2.45) is 5.92 Å². The quantitative estimate of drug-likeness (QED) is 0.676. The van der Waals surface area contributed by atoms with E-state index in [0.717, 1.165) is 25.0 Å². The van der Waals surface area contributed by atoms with Crippen LogP contribution in [0.1, 0.15) is 47.0 Å². The minimum Gasteiger partial charge on any atom is -0.312 e. The molecule has 2 atom stereocenters. The van der Waals surface area contributed by atoms with E-state index in [-0.39, 0.29) is 5.54 Å². The SMILES string of the molecule is CC1CCCC1NCCNC(C)(C)C. The van der Waals surface area contributed by atoms with E-state index >= 15 is 0 Å². The maximum atomic E-state index is 3.64. The lowest BCUT2D eigenvalue weighted by Gasteiger charge is -2.22. The van der Waals surface area contributed by atoms with Crippen LogP contribution in [0.4, 0.5) is 0 Å². The summed E-state index contributed by atoms with van der Waals surface area (Å²) in [5.41, 5.74) is 0.253. The molecule has 0 radical (unpaired) electrons. The van der Waals surface area contributed by atoms with Gasteiger partial charge in [0.05, 0.1) is 0 Å². The lowest BCUT2D eigenvalue weighted by atomic mass is 10.1. The van der Waals surface area contributed by atoms with Crippen molar-refractivity contribution in [3.05, 3.63) is 0 Å². The van der Waals surface area contributed by atoms with Gasteiger partial charge in [0.1, 0.15) is 0 Å². The molecule has 0 amide bonds. The van der Waals surface area contributed by atoms with Crippen LogP contribution in [0.5, 0.6) is 0 Å². The zero-order chi connectivity index (χ0) is 10.6. The van der Waals surface area contributed by atoms with Gasteiger partial charge in [-0.3, -0.25) is 0 Å². The van der Waals surface area contributed by atoms with Gasteiger partial charge in [-0.05, 0) is 39.5 Å². The van der Waals surface area contributed by atoms with Crippen molar-refractivity contribution < 1.29 is 0 Å². The van der Waals surface area contributed by atoms with Crippen LogP contribution in [-0.2, 0) is 0 Å². The first-order chi connectivity index (χ1) is 6.49. The van der Waals surface area contributed by atoms with Gasteiger partial charge in [0.25, 0.3) is 0 Å². The Hall–Kier alpha value is -0.0800. The Labute approximate surface area is 88.8 Å². The van der Waals surface area contributed by atoms with Crippen LogP contribution in [0, 0.1) is 5.92 Å². The van der Waals surface area contributed by atoms with Crippen molar-refractivity contribution in [1.82, 2.24) is 10.6 Å². The van der Waals surface area contributed by atoms with Crippen LogP contribution in [0.25, 0.3) is 0 Å². The molecule has 1 aliphatic carbocycles. The first-order valence-corrected chi connectivity index (χ1v) is 5.97. The number of nitrogens with one attached hydrogen (secondary N) is 2. The summed E-state index contributed by atoms with van der Waals surface area (Å²) < 4.78 is 0. The van der Waals surface area contributed by atoms with Gasteiger partial charge in [-0.25, -0.2) is 0 Å². The van der Waals surface area contributed by atoms with E-state index in [0.29, 0.717) is 0 Å². The average Bonchev–Trinajstić information content (AvgIpc) is 2.44. The summed E-state index contributed by atoms with van der Waals surface area (Å²) in [5, 5.41) is 7.14. The second-order valence-corrected chi connectivity index (χ2v) is 5.65. The highest BCUT2D eigenvalue weighted by atomic mass is 15.0. The predicted molar refractivity (Wildman–Crippen MR) is 62.6 cm³/mol. The third kappa shape index (κ3) is 4.43. The minimum absolute atomic E-state index is 0.253. The fourth-order valence-corrected chi connectivity index (χ4v) is 2.14. The van der Waals surface area contributed by atoms with Crippen LogP contribution in [-0.4, -0.2) is 24.7 Å². The topological polar surface area (TPSA) is 24.1 Å². The highest BCUT2D eigenvalue weighted by Gasteiger charge is 2.22. The molecule has 0 aromatic rings. The number of hydrogen-bond donors (Lipinski definition) is 2. The third-order valence-corrected chi connectivity index (χ3v) is 3.05. The molecule has 0 aliphatic heterocycles. The average molecular weight is 198 g/mol. The highest BCUT2D eigenvalue weighted by Crippen LogP contribution is 2.24. The summed E-state index contributed by atoms with van der Waals surface area (Å²) in [6.07, 6.45) is 4.19. The van der Waals surface area contributed by atoms with Crippen molar-refractivity contribution in [3.8, 4) is 0 Å². The summed E-state index contributed by atoms with van der Waals surface area (Å²) in [6, 6.07) is 0.775. The number of rotatable bonds is 4. The summed E-state index contributed by atoms with van der Waals surface area (Å²) in [6.45, 7) is 11.2. The van der Waals surface area contributed by atoms with Crippen molar-refractivity contribution in [2.75, 3.05) is 13.1 Å². The molecule has 2 nitrogen and oxygen atoms in total. The van der Waals surface area contributed by atoms with E-state index in [4.69, 9.17) is 0 Å². The van der Waals surface area contributed by atoms with Crippen LogP contribution < -0.4 is 10.6 Å². The van der Waals surface area contributed by atoms with Crippen LogP contribution >= 0.6 is 0 Å².